The van der Waals surface area contributed by atoms with E-state index in [1.807, 2.05) is 0 Å². The number of likely N-dealkylation sites (N-methyl/N-ethyl adjacent to an activating group) is 2. The van der Waals surface area contributed by atoms with Crippen molar-refractivity contribution in [3.63, 3.8) is 0 Å². The van der Waals surface area contributed by atoms with E-state index < -0.39 is 0 Å². The number of hydrogen-bond acceptors (Lipinski definition) is 4. The number of amides is 2. The van der Waals surface area contributed by atoms with Crippen molar-refractivity contribution in [1.82, 2.24) is 10.2 Å². The predicted octanol–water partition coefficient (Wildman–Crippen LogP) is -1.28. The number of carbonyl (C=O) groups excluding carboxylic acids is 2. The van der Waals surface area contributed by atoms with Crippen LogP contribution in [0, 0.1) is 0 Å². The minimum Gasteiger partial charge on any atom is -0.409 e. The van der Waals surface area contributed by atoms with Gasteiger partial charge < -0.3 is 21.2 Å². The van der Waals surface area contributed by atoms with Crippen molar-refractivity contribution in [2.75, 3.05) is 20.1 Å². The Kier molecular flexibility index (Phi) is 5.84. The summed E-state index contributed by atoms with van der Waals surface area (Å²) in [4.78, 5) is 23.6. The van der Waals surface area contributed by atoms with Crippen molar-refractivity contribution in [3.05, 3.63) is 0 Å². The molecule has 15 heavy (non-hydrogen) atoms. The topological polar surface area (TPSA) is 108 Å². The highest BCUT2D eigenvalue weighted by molar-refractivity contribution is 5.99. The fourth-order valence-electron chi connectivity index (χ4n) is 0.882. The van der Waals surface area contributed by atoms with Crippen LogP contribution in [0.1, 0.15) is 13.3 Å². The summed E-state index contributed by atoms with van der Waals surface area (Å²) in [5, 5.41) is 13.5. The molecule has 0 aromatic rings. The average molecular weight is 216 g/mol. The largest absolute Gasteiger partial charge is 0.409 e. The van der Waals surface area contributed by atoms with Crippen LogP contribution in [0.2, 0.25) is 0 Å². The fraction of sp³-hybridized carbons (Fsp3) is 0.625. The van der Waals surface area contributed by atoms with Gasteiger partial charge in [0.05, 0.1) is 13.0 Å². The molecule has 0 aromatic carbocycles. The number of carbonyl (C=O) groups is 2. The maximum atomic E-state index is 11.3. The second kappa shape index (κ2) is 6.63. The van der Waals surface area contributed by atoms with Gasteiger partial charge in [0, 0.05) is 13.6 Å². The molecule has 0 saturated carbocycles. The van der Waals surface area contributed by atoms with Gasteiger partial charge >= 0.3 is 0 Å². The maximum absolute atomic E-state index is 11.3. The molecule has 2 amide bonds. The molecule has 0 aliphatic carbocycles. The molecule has 0 rings (SSSR count). The minimum atomic E-state index is -0.378. The van der Waals surface area contributed by atoms with E-state index in [2.05, 4.69) is 10.5 Å². The molecular formula is C8H16N4O3. The lowest BCUT2D eigenvalue weighted by atomic mass is 10.3. The van der Waals surface area contributed by atoms with Crippen molar-refractivity contribution in [2.24, 2.45) is 10.9 Å². The summed E-state index contributed by atoms with van der Waals surface area (Å²) in [7, 11) is 1.47. The van der Waals surface area contributed by atoms with Crippen molar-refractivity contribution < 1.29 is 14.8 Å². The average Bonchev–Trinajstić information content (AvgIpc) is 2.17. The maximum Gasteiger partial charge on any atom is 0.239 e. The molecule has 0 fully saturated rings. The Labute approximate surface area is 87.9 Å². The molecule has 0 atom stereocenters. The van der Waals surface area contributed by atoms with Crippen molar-refractivity contribution in [2.45, 2.75) is 13.3 Å². The van der Waals surface area contributed by atoms with Crippen LogP contribution in [0.3, 0.4) is 0 Å². The third kappa shape index (κ3) is 5.50. The molecule has 0 aliphatic rings. The first kappa shape index (κ1) is 13.2. The van der Waals surface area contributed by atoms with E-state index in [1.54, 1.807) is 6.92 Å². The monoisotopic (exact) mass is 216 g/mol. The zero-order valence-corrected chi connectivity index (χ0v) is 8.86. The van der Waals surface area contributed by atoms with Gasteiger partial charge in [-0.05, 0) is 6.92 Å². The SMILES string of the molecule is CCNC(=O)CN(C)C(=O)CC(N)=NO. The Hall–Kier alpha value is -1.79. The molecule has 0 saturated heterocycles. The molecule has 7 heteroatoms. The van der Waals surface area contributed by atoms with Crippen LogP contribution in [0.15, 0.2) is 5.16 Å². The third-order valence-electron chi connectivity index (χ3n) is 1.64. The van der Waals surface area contributed by atoms with Crippen molar-refractivity contribution in [3.8, 4) is 0 Å². The molecular weight excluding hydrogens is 200 g/mol. The van der Waals surface area contributed by atoms with E-state index in [0.717, 1.165) is 0 Å². The van der Waals surface area contributed by atoms with Gasteiger partial charge in [-0.25, -0.2) is 0 Å². The highest BCUT2D eigenvalue weighted by Crippen LogP contribution is 1.90. The second-order valence-corrected chi connectivity index (χ2v) is 2.97. The molecule has 0 bridgehead atoms. The number of oxime groups is 1. The lowest BCUT2D eigenvalue weighted by Gasteiger charge is -2.15. The molecule has 0 radical (unpaired) electrons. The lowest BCUT2D eigenvalue weighted by Crippen LogP contribution is -2.39. The number of amidine groups is 1. The Bertz CT molecular complexity index is 265. The van der Waals surface area contributed by atoms with Gasteiger partial charge in [0.15, 0.2) is 0 Å². The normalized spacial score (nSPS) is 10.9. The Morgan fingerprint density at radius 1 is 1.53 bits per heavy atom. The summed E-state index contributed by atoms with van der Waals surface area (Å²) in [6, 6.07) is 0. The minimum absolute atomic E-state index is 0.0363. The lowest BCUT2D eigenvalue weighted by molar-refractivity contribution is -0.133. The quantitative estimate of drug-likeness (QED) is 0.230. The highest BCUT2D eigenvalue weighted by Gasteiger charge is 2.13. The summed E-state index contributed by atoms with van der Waals surface area (Å²) in [6.07, 6.45) is -0.202. The number of rotatable bonds is 5. The van der Waals surface area contributed by atoms with E-state index in [4.69, 9.17) is 10.9 Å². The fourth-order valence-corrected chi connectivity index (χ4v) is 0.882. The third-order valence-corrected chi connectivity index (χ3v) is 1.64. The van der Waals surface area contributed by atoms with Gasteiger partial charge in [0.25, 0.3) is 0 Å². The summed E-state index contributed by atoms with van der Waals surface area (Å²) >= 11 is 0. The van der Waals surface area contributed by atoms with Gasteiger partial charge in [-0.1, -0.05) is 5.16 Å². The van der Waals surface area contributed by atoms with Gasteiger partial charge in [-0.2, -0.15) is 0 Å². The summed E-state index contributed by atoms with van der Waals surface area (Å²) < 4.78 is 0. The number of nitrogens with zero attached hydrogens (tertiary/aromatic N) is 2. The van der Waals surface area contributed by atoms with E-state index >= 15 is 0 Å². The second-order valence-electron chi connectivity index (χ2n) is 2.97. The van der Waals surface area contributed by atoms with Crippen LogP contribution in [0.4, 0.5) is 0 Å². The first-order chi connectivity index (χ1) is 7.01. The first-order valence-electron chi connectivity index (χ1n) is 4.48. The number of nitrogens with one attached hydrogen (secondary N) is 1. The van der Waals surface area contributed by atoms with E-state index in [9.17, 15) is 9.59 Å². The Morgan fingerprint density at radius 2 is 2.13 bits per heavy atom. The zero-order valence-electron chi connectivity index (χ0n) is 8.86. The van der Waals surface area contributed by atoms with Crippen LogP contribution in [-0.2, 0) is 9.59 Å². The van der Waals surface area contributed by atoms with E-state index in [-0.39, 0.29) is 30.6 Å². The van der Waals surface area contributed by atoms with Gasteiger partial charge in [-0.15, -0.1) is 0 Å². The molecule has 0 spiro atoms. The van der Waals surface area contributed by atoms with Crippen LogP contribution in [-0.4, -0.2) is 47.9 Å². The smallest absolute Gasteiger partial charge is 0.239 e. The molecule has 4 N–H and O–H groups in total. The van der Waals surface area contributed by atoms with Gasteiger partial charge in [-0.3, -0.25) is 9.59 Å². The standard InChI is InChI=1S/C8H16N4O3/c1-3-10-7(13)5-12(2)8(14)4-6(9)11-15/h15H,3-5H2,1-2H3,(H2,9,11)(H,10,13). The Balaban J connectivity index is 4.04. The number of nitrogens with two attached hydrogens (primary N) is 1. The highest BCUT2D eigenvalue weighted by atomic mass is 16.4. The summed E-state index contributed by atoms with van der Waals surface area (Å²) in [5.74, 6) is -0.799. The molecule has 86 valence electrons. The molecule has 0 aromatic heterocycles. The molecule has 7 nitrogen and oxygen atoms in total. The van der Waals surface area contributed by atoms with Crippen molar-refractivity contribution >= 4 is 17.6 Å². The van der Waals surface area contributed by atoms with E-state index in [0.29, 0.717) is 6.54 Å². The summed E-state index contributed by atoms with van der Waals surface area (Å²) in [5.41, 5.74) is 5.15. The van der Waals surface area contributed by atoms with E-state index in [1.165, 1.54) is 11.9 Å². The van der Waals surface area contributed by atoms with Crippen LogP contribution in [0.5, 0.6) is 0 Å². The molecule has 0 aliphatic heterocycles. The molecule has 0 heterocycles. The summed E-state index contributed by atoms with van der Waals surface area (Å²) in [6.45, 7) is 2.27. The molecule has 0 unspecified atom stereocenters. The zero-order chi connectivity index (χ0) is 11.8. The van der Waals surface area contributed by atoms with Gasteiger partial charge in [0.1, 0.15) is 5.84 Å². The predicted molar refractivity (Wildman–Crippen MR) is 54.3 cm³/mol. The van der Waals surface area contributed by atoms with Gasteiger partial charge in [0.2, 0.25) is 11.8 Å². The van der Waals surface area contributed by atoms with Crippen LogP contribution in [0.25, 0.3) is 0 Å². The Morgan fingerprint density at radius 3 is 2.60 bits per heavy atom. The first-order valence-corrected chi connectivity index (χ1v) is 4.48. The van der Waals surface area contributed by atoms with Crippen molar-refractivity contribution in [1.29, 1.82) is 0 Å². The number of hydrogen-bond donors (Lipinski definition) is 3. The van der Waals surface area contributed by atoms with Crippen LogP contribution < -0.4 is 11.1 Å². The van der Waals surface area contributed by atoms with Crippen LogP contribution >= 0.6 is 0 Å².